The zero-order chi connectivity index (χ0) is 25.0. The van der Waals surface area contributed by atoms with Gasteiger partial charge in [0.15, 0.2) is 5.96 Å². The van der Waals surface area contributed by atoms with E-state index in [1.54, 1.807) is 13.8 Å². The molecule has 0 aliphatic heterocycles. The SMILES string of the molecule is CC(C)C(NC(=O)CNC(=O)C(Cc1cnc[nH]1)NC(=O)C(N)CCCN=C(N)N)C(=O)O. The molecule has 1 aromatic heterocycles. The molecule has 0 aromatic carbocycles. The highest BCUT2D eigenvalue weighted by Gasteiger charge is 2.26. The zero-order valence-corrected chi connectivity index (χ0v) is 18.7. The van der Waals surface area contributed by atoms with Gasteiger partial charge in [-0.15, -0.1) is 0 Å². The van der Waals surface area contributed by atoms with E-state index >= 15 is 0 Å². The Balaban J connectivity index is 2.70. The van der Waals surface area contributed by atoms with Crippen molar-refractivity contribution >= 4 is 29.7 Å². The summed E-state index contributed by atoms with van der Waals surface area (Å²) in [5.74, 6) is -3.46. The lowest BCUT2D eigenvalue weighted by Crippen LogP contribution is -2.54. The van der Waals surface area contributed by atoms with Crippen molar-refractivity contribution in [2.45, 2.75) is 51.2 Å². The standard InChI is InChI=1S/C19H33N9O5/c1-10(2)15(18(32)33)28-14(29)8-25-17(31)13(6-11-7-23-9-26-11)27-16(30)12(20)4-3-5-24-19(21)22/h7,9-10,12-13,15H,3-6,8,20H2,1-2H3,(H,23,26)(H,25,31)(H,27,30)(H,28,29)(H,32,33)(H4,21,22,24). The van der Waals surface area contributed by atoms with Crippen LogP contribution < -0.4 is 33.2 Å². The molecule has 0 fully saturated rings. The van der Waals surface area contributed by atoms with Gasteiger partial charge >= 0.3 is 5.97 Å². The Labute approximate surface area is 191 Å². The van der Waals surface area contributed by atoms with Gasteiger partial charge in [0.2, 0.25) is 17.7 Å². The molecule has 0 bridgehead atoms. The van der Waals surface area contributed by atoms with Crippen molar-refractivity contribution in [1.82, 2.24) is 25.9 Å². The van der Waals surface area contributed by atoms with Gasteiger partial charge in [0.1, 0.15) is 12.1 Å². The first-order valence-corrected chi connectivity index (χ1v) is 10.4. The lowest BCUT2D eigenvalue weighted by molar-refractivity contribution is -0.143. The van der Waals surface area contributed by atoms with Gasteiger partial charge in [-0.1, -0.05) is 13.8 Å². The number of carbonyl (C=O) groups is 4. The van der Waals surface area contributed by atoms with E-state index in [9.17, 15) is 19.2 Å². The number of nitrogens with zero attached hydrogens (tertiary/aromatic N) is 2. The fourth-order valence-electron chi connectivity index (χ4n) is 2.78. The second-order valence-corrected chi connectivity index (χ2v) is 7.74. The van der Waals surface area contributed by atoms with Gasteiger partial charge in [0, 0.05) is 24.9 Å². The highest BCUT2D eigenvalue weighted by Crippen LogP contribution is 2.03. The largest absolute Gasteiger partial charge is 0.480 e. The van der Waals surface area contributed by atoms with E-state index in [1.165, 1.54) is 12.5 Å². The molecule has 1 rings (SSSR count). The van der Waals surface area contributed by atoms with Crippen molar-refractivity contribution in [1.29, 1.82) is 0 Å². The second kappa shape index (κ2) is 13.7. The summed E-state index contributed by atoms with van der Waals surface area (Å²) < 4.78 is 0. The number of carboxylic acids is 1. The van der Waals surface area contributed by atoms with E-state index in [4.69, 9.17) is 22.3 Å². The van der Waals surface area contributed by atoms with Crippen LogP contribution in [0.15, 0.2) is 17.5 Å². The second-order valence-electron chi connectivity index (χ2n) is 7.74. The molecule has 1 aromatic rings. The van der Waals surface area contributed by atoms with E-state index in [-0.39, 0.29) is 24.7 Å². The average molecular weight is 468 g/mol. The molecule has 3 amide bonds. The van der Waals surface area contributed by atoms with Crippen LogP contribution in [-0.2, 0) is 25.6 Å². The van der Waals surface area contributed by atoms with Gasteiger partial charge in [-0.25, -0.2) is 9.78 Å². The number of aliphatic imine (C=N–C) groups is 1. The number of aromatic amines is 1. The summed E-state index contributed by atoms with van der Waals surface area (Å²) in [4.78, 5) is 59.0. The fraction of sp³-hybridized carbons (Fsp3) is 0.579. The third kappa shape index (κ3) is 10.5. The molecule has 184 valence electrons. The Hall–Kier alpha value is -3.68. The summed E-state index contributed by atoms with van der Waals surface area (Å²) >= 11 is 0. The lowest BCUT2D eigenvalue weighted by atomic mass is 10.0. The molecule has 14 nitrogen and oxygen atoms in total. The molecule has 3 unspecified atom stereocenters. The molecule has 1 heterocycles. The Morgan fingerprint density at radius 2 is 1.88 bits per heavy atom. The Kier molecular flexibility index (Phi) is 11.3. The molecule has 11 N–H and O–H groups in total. The van der Waals surface area contributed by atoms with Gasteiger partial charge in [0.25, 0.3) is 0 Å². The number of imidazole rings is 1. The van der Waals surface area contributed by atoms with Crippen molar-refractivity contribution < 1.29 is 24.3 Å². The Bertz CT molecular complexity index is 822. The molecule has 14 heteroatoms. The number of amides is 3. The fourth-order valence-corrected chi connectivity index (χ4v) is 2.78. The number of aliphatic carboxylic acids is 1. The highest BCUT2D eigenvalue weighted by atomic mass is 16.4. The number of nitrogens with one attached hydrogen (secondary N) is 4. The van der Waals surface area contributed by atoms with Crippen LogP contribution in [0, 0.1) is 5.92 Å². The number of carboxylic acid groups (broad SMARTS) is 1. The van der Waals surface area contributed by atoms with Crippen molar-refractivity contribution in [2.75, 3.05) is 13.1 Å². The van der Waals surface area contributed by atoms with E-state index in [1.807, 2.05) is 0 Å². The van der Waals surface area contributed by atoms with E-state index < -0.39 is 48.4 Å². The summed E-state index contributed by atoms with van der Waals surface area (Å²) in [5, 5.41) is 16.5. The predicted molar refractivity (Wildman–Crippen MR) is 120 cm³/mol. The Morgan fingerprint density at radius 3 is 2.42 bits per heavy atom. The molecular weight excluding hydrogens is 434 g/mol. The van der Waals surface area contributed by atoms with Gasteiger partial charge < -0.3 is 43.2 Å². The number of nitrogens with two attached hydrogens (primary N) is 3. The van der Waals surface area contributed by atoms with Crippen LogP contribution in [0.5, 0.6) is 0 Å². The first kappa shape index (κ1) is 27.4. The van der Waals surface area contributed by atoms with Crippen molar-refractivity contribution in [3.05, 3.63) is 18.2 Å². The summed E-state index contributed by atoms with van der Waals surface area (Å²) in [7, 11) is 0. The number of rotatable bonds is 14. The third-order valence-corrected chi connectivity index (χ3v) is 4.59. The first-order chi connectivity index (χ1) is 15.5. The highest BCUT2D eigenvalue weighted by molar-refractivity contribution is 5.92. The number of guanidine groups is 1. The van der Waals surface area contributed by atoms with Crippen LogP contribution in [0.3, 0.4) is 0 Å². The molecule has 0 saturated carbocycles. The lowest BCUT2D eigenvalue weighted by Gasteiger charge is -2.21. The van der Waals surface area contributed by atoms with Crippen LogP contribution in [-0.4, -0.2) is 75.9 Å². The summed E-state index contributed by atoms with van der Waals surface area (Å²) in [6, 6.07) is -3.04. The molecule has 0 aliphatic carbocycles. The molecule has 0 saturated heterocycles. The zero-order valence-electron chi connectivity index (χ0n) is 18.7. The topological polar surface area (TPSA) is 244 Å². The maximum Gasteiger partial charge on any atom is 0.326 e. The summed E-state index contributed by atoms with van der Waals surface area (Å²) in [5.41, 5.74) is 17.0. The minimum atomic E-state index is -1.18. The summed E-state index contributed by atoms with van der Waals surface area (Å²) in [6.45, 7) is 3.14. The van der Waals surface area contributed by atoms with Crippen molar-refractivity contribution in [3.63, 3.8) is 0 Å². The molecule has 3 atom stereocenters. The van der Waals surface area contributed by atoms with Crippen LogP contribution in [0.1, 0.15) is 32.4 Å². The van der Waals surface area contributed by atoms with Gasteiger partial charge in [-0.05, 0) is 18.8 Å². The van der Waals surface area contributed by atoms with Gasteiger partial charge in [-0.2, -0.15) is 0 Å². The van der Waals surface area contributed by atoms with E-state index in [0.29, 0.717) is 18.7 Å². The molecule has 0 spiro atoms. The number of hydrogen-bond acceptors (Lipinski definition) is 7. The third-order valence-electron chi connectivity index (χ3n) is 4.59. The quantitative estimate of drug-likeness (QED) is 0.0796. The maximum absolute atomic E-state index is 12.7. The maximum atomic E-state index is 12.7. The van der Waals surface area contributed by atoms with Crippen LogP contribution in [0.4, 0.5) is 0 Å². The van der Waals surface area contributed by atoms with Crippen molar-refractivity contribution in [2.24, 2.45) is 28.1 Å². The molecular formula is C19H33N9O5. The van der Waals surface area contributed by atoms with Crippen LogP contribution >= 0.6 is 0 Å². The normalized spacial score (nSPS) is 13.5. The van der Waals surface area contributed by atoms with E-state index in [0.717, 1.165) is 0 Å². The van der Waals surface area contributed by atoms with E-state index in [2.05, 4.69) is 30.9 Å². The monoisotopic (exact) mass is 467 g/mol. The number of H-pyrrole nitrogens is 1. The van der Waals surface area contributed by atoms with Crippen LogP contribution in [0.2, 0.25) is 0 Å². The average Bonchev–Trinajstić information content (AvgIpc) is 3.25. The first-order valence-electron chi connectivity index (χ1n) is 10.4. The molecule has 0 radical (unpaired) electrons. The minimum absolute atomic E-state index is 0.0589. The van der Waals surface area contributed by atoms with Gasteiger partial charge in [-0.3, -0.25) is 19.4 Å². The summed E-state index contributed by atoms with van der Waals surface area (Å²) in [6.07, 6.45) is 3.74. The smallest absolute Gasteiger partial charge is 0.326 e. The number of aromatic nitrogens is 2. The Morgan fingerprint density at radius 1 is 1.18 bits per heavy atom. The molecule has 33 heavy (non-hydrogen) atoms. The number of hydrogen-bond donors (Lipinski definition) is 8. The predicted octanol–water partition coefficient (Wildman–Crippen LogP) is -2.84. The van der Waals surface area contributed by atoms with Crippen molar-refractivity contribution in [3.8, 4) is 0 Å². The minimum Gasteiger partial charge on any atom is -0.480 e. The number of carbonyl (C=O) groups excluding carboxylic acids is 3. The van der Waals surface area contributed by atoms with Gasteiger partial charge in [0.05, 0.1) is 18.9 Å². The van der Waals surface area contributed by atoms with Crippen LogP contribution in [0.25, 0.3) is 0 Å². The molecule has 0 aliphatic rings.